The standard InChI is InChI=1S/C24H32ClN3O/c1-23(2,3)15-28(16-29)22(26)27-24(4,19-11-12-19)20-9-5-7-17(13-20)18-8-6-10-21(25)14-18/h5-10,13-14,19,29H,11-12,15-16H2,1-4H3,(H2,26,27). The van der Waals surface area contributed by atoms with Gasteiger partial charge in [0.05, 0.1) is 5.54 Å². The highest BCUT2D eigenvalue weighted by atomic mass is 35.5. The van der Waals surface area contributed by atoms with Gasteiger partial charge in [-0.15, -0.1) is 0 Å². The van der Waals surface area contributed by atoms with Crippen LogP contribution in [0.1, 0.15) is 46.1 Å². The average molecular weight is 414 g/mol. The molecule has 1 atom stereocenters. The third-order valence-corrected chi connectivity index (χ3v) is 5.78. The Morgan fingerprint density at radius 2 is 1.72 bits per heavy atom. The molecule has 0 saturated heterocycles. The van der Waals surface area contributed by atoms with E-state index in [9.17, 15) is 5.11 Å². The fraction of sp³-hybridized carbons (Fsp3) is 0.458. The first-order valence-electron chi connectivity index (χ1n) is 10.2. The van der Waals surface area contributed by atoms with Gasteiger partial charge in [0.25, 0.3) is 0 Å². The molecule has 0 heterocycles. The third-order valence-electron chi connectivity index (χ3n) is 5.54. The summed E-state index contributed by atoms with van der Waals surface area (Å²) >= 11 is 6.19. The molecule has 3 N–H and O–H groups in total. The first kappa shape index (κ1) is 21.7. The first-order valence-corrected chi connectivity index (χ1v) is 10.6. The van der Waals surface area contributed by atoms with Crippen LogP contribution in [0.5, 0.6) is 0 Å². The predicted octanol–water partition coefficient (Wildman–Crippen LogP) is 5.45. The minimum Gasteiger partial charge on any atom is -0.376 e. The van der Waals surface area contributed by atoms with Crippen molar-refractivity contribution in [1.29, 1.82) is 5.41 Å². The lowest BCUT2D eigenvalue weighted by Gasteiger charge is -2.38. The fourth-order valence-corrected chi connectivity index (χ4v) is 4.05. The van der Waals surface area contributed by atoms with E-state index in [1.807, 2.05) is 18.2 Å². The molecule has 1 fully saturated rings. The number of nitrogens with one attached hydrogen (secondary N) is 2. The Morgan fingerprint density at radius 3 is 2.28 bits per heavy atom. The summed E-state index contributed by atoms with van der Waals surface area (Å²) < 4.78 is 0. The molecule has 29 heavy (non-hydrogen) atoms. The van der Waals surface area contributed by atoms with Crippen LogP contribution in [0.3, 0.4) is 0 Å². The summed E-state index contributed by atoms with van der Waals surface area (Å²) in [6.45, 7) is 8.93. The summed E-state index contributed by atoms with van der Waals surface area (Å²) in [6.07, 6.45) is 2.27. The maximum atomic E-state index is 9.83. The van der Waals surface area contributed by atoms with Crippen molar-refractivity contribution in [2.75, 3.05) is 13.3 Å². The van der Waals surface area contributed by atoms with Crippen LogP contribution in [0.2, 0.25) is 5.02 Å². The van der Waals surface area contributed by atoms with Crippen LogP contribution in [-0.4, -0.2) is 29.2 Å². The van der Waals surface area contributed by atoms with E-state index in [4.69, 9.17) is 17.0 Å². The molecule has 0 aliphatic heterocycles. The van der Waals surface area contributed by atoms with Gasteiger partial charge in [0.1, 0.15) is 6.73 Å². The summed E-state index contributed by atoms with van der Waals surface area (Å²) in [5.41, 5.74) is 2.96. The summed E-state index contributed by atoms with van der Waals surface area (Å²) in [6, 6.07) is 16.4. The molecule has 0 amide bonds. The SMILES string of the molecule is CC(C)(C)CN(CO)C(=N)NC(C)(c1cccc(-c2cccc(Cl)c2)c1)C1CC1. The summed E-state index contributed by atoms with van der Waals surface area (Å²) in [4.78, 5) is 1.70. The van der Waals surface area contributed by atoms with Gasteiger partial charge in [-0.2, -0.15) is 0 Å². The smallest absolute Gasteiger partial charge is 0.193 e. The van der Waals surface area contributed by atoms with E-state index < -0.39 is 0 Å². The van der Waals surface area contributed by atoms with Crippen molar-refractivity contribution in [1.82, 2.24) is 10.2 Å². The molecular weight excluding hydrogens is 382 g/mol. The minimum absolute atomic E-state index is 0.0147. The lowest BCUT2D eigenvalue weighted by atomic mass is 9.85. The van der Waals surface area contributed by atoms with Gasteiger partial charge >= 0.3 is 0 Å². The van der Waals surface area contributed by atoms with E-state index in [1.54, 1.807) is 4.90 Å². The second-order valence-electron chi connectivity index (χ2n) is 9.44. The van der Waals surface area contributed by atoms with Crippen molar-refractivity contribution in [3.63, 3.8) is 0 Å². The number of hydrogen-bond donors (Lipinski definition) is 3. The molecule has 1 unspecified atom stereocenters. The highest BCUT2D eigenvalue weighted by Crippen LogP contribution is 2.46. The molecule has 156 valence electrons. The first-order chi connectivity index (χ1) is 13.6. The molecule has 0 spiro atoms. The van der Waals surface area contributed by atoms with Crippen LogP contribution in [0, 0.1) is 16.7 Å². The van der Waals surface area contributed by atoms with E-state index in [1.165, 1.54) is 0 Å². The topological polar surface area (TPSA) is 59.4 Å². The average Bonchev–Trinajstić information content (AvgIpc) is 3.51. The van der Waals surface area contributed by atoms with Crippen molar-refractivity contribution >= 4 is 17.6 Å². The molecule has 0 aromatic heterocycles. The van der Waals surface area contributed by atoms with Crippen LogP contribution in [0.4, 0.5) is 0 Å². The van der Waals surface area contributed by atoms with Gasteiger partial charge < -0.3 is 15.3 Å². The monoisotopic (exact) mass is 413 g/mol. The maximum Gasteiger partial charge on any atom is 0.193 e. The second-order valence-corrected chi connectivity index (χ2v) is 9.88. The van der Waals surface area contributed by atoms with Crippen molar-refractivity contribution in [3.05, 3.63) is 59.1 Å². The van der Waals surface area contributed by atoms with E-state index in [2.05, 4.69) is 63.3 Å². The summed E-state index contributed by atoms with van der Waals surface area (Å²) in [5, 5.41) is 22.6. The summed E-state index contributed by atoms with van der Waals surface area (Å²) in [7, 11) is 0. The van der Waals surface area contributed by atoms with Gasteiger partial charge in [-0.25, -0.2) is 0 Å². The zero-order valence-electron chi connectivity index (χ0n) is 17.8. The van der Waals surface area contributed by atoms with Crippen LogP contribution >= 0.6 is 11.6 Å². The molecule has 3 rings (SSSR count). The normalized spacial score (nSPS) is 16.2. The number of rotatable bonds is 6. The van der Waals surface area contributed by atoms with Crippen LogP contribution < -0.4 is 5.32 Å². The van der Waals surface area contributed by atoms with Crippen LogP contribution in [-0.2, 0) is 5.54 Å². The number of nitrogens with zero attached hydrogens (tertiary/aromatic N) is 1. The van der Waals surface area contributed by atoms with E-state index >= 15 is 0 Å². The molecule has 1 aliphatic rings. The van der Waals surface area contributed by atoms with Crippen LogP contribution in [0.25, 0.3) is 11.1 Å². The lowest BCUT2D eigenvalue weighted by molar-refractivity contribution is 0.128. The van der Waals surface area contributed by atoms with Gasteiger partial charge in [0.2, 0.25) is 0 Å². The lowest BCUT2D eigenvalue weighted by Crippen LogP contribution is -2.53. The largest absolute Gasteiger partial charge is 0.376 e. The zero-order valence-corrected chi connectivity index (χ0v) is 18.6. The Labute approximate surface area is 179 Å². The van der Waals surface area contributed by atoms with Crippen LogP contribution in [0.15, 0.2) is 48.5 Å². The molecule has 2 aromatic carbocycles. The summed E-state index contributed by atoms with van der Waals surface area (Å²) in [5.74, 6) is 0.734. The Kier molecular flexibility index (Phi) is 6.25. The van der Waals surface area contributed by atoms with Gasteiger partial charge in [0, 0.05) is 11.6 Å². The Bertz CT molecular complexity index is 872. The van der Waals surface area contributed by atoms with E-state index in [-0.39, 0.29) is 23.6 Å². The minimum atomic E-state index is -0.364. The Balaban J connectivity index is 1.89. The number of guanidine groups is 1. The van der Waals surface area contributed by atoms with E-state index in [0.29, 0.717) is 12.5 Å². The van der Waals surface area contributed by atoms with E-state index in [0.717, 1.165) is 34.6 Å². The van der Waals surface area contributed by atoms with Crippen molar-refractivity contribution < 1.29 is 5.11 Å². The van der Waals surface area contributed by atoms with Crippen molar-refractivity contribution in [3.8, 4) is 11.1 Å². The fourth-order valence-electron chi connectivity index (χ4n) is 3.86. The number of halogens is 1. The molecule has 0 radical (unpaired) electrons. The Hall–Kier alpha value is -2.04. The third kappa shape index (κ3) is 5.31. The van der Waals surface area contributed by atoms with Gasteiger partial charge in [0.15, 0.2) is 5.96 Å². The number of aliphatic hydroxyl groups excluding tert-OH is 1. The Morgan fingerprint density at radius 1 is 1.10 bits per heavy atom. The predicted molar refractivity (Wildman–Crippen MR) is 121 cm³/mol. The van der Waals surface area contributed by atoms with Gasteiger partial charge in [-0.3, -0.25) is 5.41 Å². The molecule has 5 heteroatoms. The zero-order chi connectivity index (χ0) is 21.2. The van der Waals surface area contributed by atoms with Crippen molar-refractivity contribution in [2.24, 2.45) is 11.3 Å². The molecule has 1 aliphatic carbocycles. The van der Waals surface area contributed by atoms with Gasteiger partial charge in [-0.05, 0) is 66.0 Å². The quantitative estimate of drug-likeness (QED) is 0.335. The van der Waals surface area contributed by atoms with Gasteiger partial charge in [-0.1, -0.05) is 62.7 Å². The second kappa shape index (κ2) is 8.37. The molecule has 1 saturated carbocycles. The highest BCUT2D eigenvalue weighted by Gasteiger charge is 2.44. The van der Waals surface area contributed by atoms with Crippen molar-refractivity contribution in [2.45, 2.75) is 46.1 Å². The molecule has 2 aromatic rings. The molecule has 0 bridgehead atoms. The maximum absolute atomic E-state index is 9.83. The number of benzene rings is 2. The molecule has 4 nitrogen and oxygen atoms in total. The number of hydrogen-bond acceptors (Lipinski definition) is 2. The molecular formula is C24H32ClN3O. The number of aliphatic hydroxyl groups is 1. The highest BCUT2D eigenvalue weighted by molar-refractivity contribution is 6.30.